The zero-order chi connectivity index (χ0) is 27.3. The van der Waals surface area contributed by atoms with Gasteiger partial charge in [0.1, 0.15) is 23.1 Å². The van der Waals surface area contributed by atoms with Crippen LogP contribution in [0.5, 0.6) is 0 Å². The van der Waals surface area contributed by atoms with E-state index in [1.807, 2.05) is 0 Å². The predicted molar refractivity (Wildman–Crippen MR) is 119 cm³/mol. The van der Waals surface area contributed by atoms with E-state index in [4.69, 9.17) is 10.1 Å². The normalized spacial score (nSPS) is 14.6. The minimum atomic E-state index is -2.43. The highest BCUT2D eigenvalue weighted by molar-refractivity contribution is 5.94. The standard InChI is InChI=1S/C18H16F2N6O3.C4H7F2NO/c1-24-17(27)16-11-9-25(5-4-13(11)23-26(16)6-7-29-24)18(28)22-14-3-2-12(19)10(8-21)15(14)20;1-7(3-8)2-4(5)6/h2-3H,4-7,9H2,1H3,(H,22,28);3-4H,2H2,1H3. The van der Waals surface area contributed by atoms with Gasteiger partial charge in [-0.2, -0.15) is 10.4 Å². The molecule has 37 heavy (non-hydrogen) atoms. The quantitative estimate of drug-likeness (QED) is 0.481. The summed E-state index contributed by atoms with van der Waals surface area (Å²) in [5.41, 5.74) is 0.645. The van der Waals surface area contributed by atoms with E-state index in [1.165, 1.54) is 25.1 Å². The van der Waals surface area contributed by atoms with Crippen LogP contribution < -0.4 is 5.32 Å². The molecule has 1 aromatic heterocycles. The van der Waals surface area contributed by atoms with Gasteiger partial charge in [0, 0.05) is 32.6 Å². The predicted octanol–water partition coefficient (Wildman–Crippen LogP) is 1.98. The van der Waals surface area contributed by atoms with Crippen molar-refractivity contribution in [3.8, 4) is 6.07 Å². The van der Waals surface area contributed by atoms with Gasteiger partial charge in [0.15, 0.2) is 5.82 Å². The minimum Gasteiger partial charge on any atom is -0.343 e. The Morgan fingerprint density at radius 2 is 2.08 bits per heavy atom. The molecule has 198 valence electrons. The van der Waals surface area contributed by atoms with Gasteiger partial charge >= 0.3 is 6.03 Å². The molecule has 0 saturated carbocycles. The van der Waals surface area contributed by atoms with Crippen LogP contribution in [-0.2, 0) is 29.1 Å². The Balaban J connectivity index is 0.000000414. The summed E-state index contributed by atoms with van der Waals surface area (Å²) in [6, 6.07) is 2.78. The third-order valence-corrected chi connectivity index (χ3v) is 5.52. The number of alkyl halides is 2. The van der Waals surface area contributed by atoms with Gasteiger partial charge in [0.05, 0.1) is 37.6 Å². The van der Waals surface area contributed by atoms with Crippen molar-refractivity contribution in [1.82, 2.24) is 24.6 Å². The maximum Gasteiger partial charge on any atom is 0.322 e. The van der Waals surface area contributed by atoms with Gasteiger partial charge in [-0.25, -0.2) is 27.4 Å². The molecule has 1 aromatic carbocycles. The molecule has 0 spiro atoms. The number of fused-ring (bicyclic) bond motifs is 3. The summed E-state index contributed by atoms with van der Waals surface area (Å²) in [5.74, 6) is -2.49. The third-order valence-electron chi connectivity index (χ3n) is 5.52. The van der Waals surface area contributed by atoms with Crippen LogP contribution >= 0.6 is 0 Å². The summed E-state index contributed by atoms with van der Waals surface area (Å²) >= 11 is 0. The molecule has 2 aromatic rings. The second-order valence-corrected chi connectivity index (χ2v) is 8.07. The van der Waals surface area contributed by atoms with Gasteiger partial charge in [-0.15, -0.1) is 0 Å². The van der Waals surface area contributed by atoms with Crippen molar-refractivity contribution in [2.75, 3.05) is 39.1 Å². The van der Waals surface area contributed by atoms with Crippen LogP contribution in [0.25, 0.3) is 0 Å². The number of nitrogens with zero attached hydrogens (tertiary/aromatic N) is 6. The number of aromatic nitrogens is 2. The molecule has 2 aliphatic rings. The number of hydrogen-bond donors (Lipinski definition) is 1. The van der Waals surface area contributed by atoms with Gasteiger partial charge in [-0.3, -0.25) is 19.1 Å². The fraction of sp³-hybridized carbons (Fsp3) is 0.409. The molecule has 1 N–H and O–H groups in total. The van der Waals surface area contributed by atoms with Crippen LogP contribution in [0, 0.1) is 23.0 Å². The largest absolute Gasteiger partial charge is 0.343 e. The zero-order valence-corrected chi connectivity index (χ0v) is 19.9. The number of nitrogens with one attached hydrogen (secondary N) is 1. The number of urea groups is 1. The molecule has 0 unspecified atom stereocenters. The summed E-state index contributed by atoms with van der Waals surface area (Å²) in [7, 11) is 2.81. The summed E-state index contributed by atoms with van der Waals surface area (Å²) in [6.07, 6.45) is -1.63. The van der Waals surface area contributed by atoms with Crippen molar-refractivity contribution in [2.24, 2.45) is 0 Å². The Morgan fingerprint density at radius 3 is 2.70 bits per heavy atom. The molecule has 3 heterocycles. The van der Waals surface area contributed by atoms with Crippen LogP contribution in [0.1, 0.15) is 27.3 Å². The Bertz CT molecular complexity index is 1230. The third kappa shape index (κ3) is 6.15. The van der Waals surface area contributed by atoms with E-state index in [0.29, 0.717) is 43.8 Å². The van der Waals surface area contributed by atoms with Crippen LogP contribution in [-0.4, -0.2) is 83.2 Å². The van der Waals surface area contributed by atoms with Crippen molar-refractivity contribution >= 4 is 24.0 Å². The van der Waals surface area contributed by atoms with Crippen molar-refractivity contribution in [2.45, 2.75) is 25.9 Å². The fourth-order valence-electron chi connectivity index (χ4n) is 3.68. The number of halogens is 4. The Kier molecular flexibility index (Phi) is 8.66. The summed E-state index contributed by atoms with van der Waals surface area (Å²) < 4.78 is 51.8. The van der Waals surface area contributed by atoms with E-state index in [2.05, 4.69) is 10.4 Å². The Hall–Kier alpha value is -4.19. The van der Waals surface area contributed by atoms with Crippen molar-refractivity contribution in [3.05, 3.63) is 46.3 Å². The highest BCUT2D eigenvalue weighted by atomic mass is 19.3. The maximum absolute atomic E-state index is 14.2. The molecular weight excluding hydrogens is 502 g/mol. The second-order valence-electron chi connectivity index (χ2n) is 8.07. The monoisotopic (exact) mass is 525 g/mol. The number of carbonyl (C=O) groups is 3. The van der Waals surface area contributed by atoms with E-state index in [-0.39, 0.29) is 18.1 Å². The fourth-order valence-corrected chi connectivity index (χ4v) is 3.68. The van der Waals surface area contributed by atoms with Gasteiger partial charge < -0.3 is 15.1 Å². The first-order valence-electron chi connectivity index (χ1n) is 10.9. The number of amides is 4. The molecule has 0 fully saturated rings. The Morgan fingerprint density at radius 1 is 1.35 bits per heavy atom. The number of benzene rings is 1. The first-order valence-corrected chi connectivity index (χ1v) is 10.9. The molecule has 4 amide bonds. The summed E-state index contributed by atoms with van der Waals surface area (Å²) in [5, 5.41) is 16.8. The van der Waals surface area contributed by atoms with E-state index < -0.39 is 36.2 Å². The van der Waals surface area contributed by atoms with Crippen LogP contribution in [0.4, 0.5) is 28.0 Å². The van der Waals surface area contributed by atoms with Crippen LogP contribution in [0.2, 0.25) is 0 Å². The smallest absolute Gasteiger partial charge is 0.322 e. The molecule has 11 nitrogen and oxygen atoms in total. The van der Waals surface area contributed by atoms with Gasteiger partial charge in [-0.1, -0.05) is 0 Å². The summed E-state index contributed by atoms with van der Waals surface area (Å²) in [4.78, 5) is 42.4. The second kappa shape index (κ2) is 11.7. The molecular formula is C22H23F4N7O4. The minimum absolute atomic E-state index is 0.101. The number of hydroxylamine groups is 2. The van der Waals surface area contributed by atoms with Gasteiger partial charge in [-0.05, 0) is 12.1 Å². The van der Waals surface area contributed by atoms with E-state index in [0.717, 1.165) is 27.8 Å². The topological polar surface area (TPSA) is 124 Å². The van der Waals surface area contributed by atoms with E-state index in [9.17, 15) is 31.9 Å². The van der Waals surface area contributed by atoms with Crippen molar-refractivity contribution < 1.29 is 36.8 Å². The lowest BCUT2D eigenvalue weighted by molar-refractivity contribution is -0.118. The average molecular weight is 525 g/mol. The lowest BCUT2D eigenvalue weighted by atomic mass is 10.1. The van der Waals surface area contributed by atoms with E-state index in [1.54, 1.807) is 4.68 Å². The lowest BCUT2D eigenvalue weighted by Crippen LogP contribution is -2.39. The van der Waals surface area contributed by atoms with Crippen molar-refractivity contribution in [1.29, 1.82) is 5.26 Å². The highest BCUT2D eigenvalue weighted by Gasteiger charge is 2.33. The number of hydrogen-bond acceptors (Lipinski definition) is 6. The maximum atomic E-state index is 14.2. The molecule has 15 heteroatoms. The van der Waals surface area contributed by atoms with Crippen LogP contribution in [0.3, 0.4) is 0 Å². The van der Waals surface area contributed by atoms with E-state index >= 15 is 0 Å². The molecule has 0 saturated heterocycles. The number of rotatable bonds is 4. The van der Waals surface area contributed by atoms with Crippen molar-refractivity contribution in [3.63, 3.8) is 0 Å². The molecule has 2 aliphatic heterocycles. The Labute approximate surface area is 208 Å². The molecule has 0 bridgehead atoms. The molecule has 0 atom stereocenters. The van der Waals surface area contributed by atoms with Crippen LogP contribution in [0.15, 0.2) is 12.1 Å². The average Bonchev–Trinajstić information content (AvgIpc) is 3.16. The zero-order valence-electron chi connectivity index (χ0n) is 19.9. The first kappa shape index (κ1) is 27.4. The molecule has 0 aliphatic carbocycles. The number of carbonyl (C=O) groups excluding carboxylic acids is 3. The number of anilines is 1. The summed E-state index contributed by atoms with van der Waals surface area (Å²) in [6.45, 7) is 0.630. The molecule has 0 radical (unpaired) electrons. The highest BCUT2D eigenvalue weighted by Crippen LogP contribution is 2.26. The number of nitriles is 1. The van der Waals surface area contributed by atoms with Gasteiger partial charge in [0.25, 0.3) is 12.3 Å². The molecule has 4 rings (SSSR count). The first-order chi connectivity index (χ1) is 17.6. The van der Waals surface area contributed by atoms with Gasteiger partial charge in [0.2, 0.25) is 6.41 Å². The SMILES string of the molecule is CN(C=O)CC(F)F.CN1OCCn2nc3c(c2C1=O)CN(C(=O)Nc1ccc(F)c(C#N)c1F)CC3. The lowest BCUT2D eigenvalue weighted by Gasteiger charge is -2.27.